The normalized spacial score (nSPS) is 34.9. The van der Waals surface area contributed by atoms with Crippen LogP contribution in [0.1, 0.15) is 59.8 Å². The van der Waals surface area contributed by atoms with Crippen molar-refractivity contribution in [3.63, 3.8) is 0 Å². The molecule has 0 radical (unpaired) electrons. The van der Waals surface area contributed by atoms with E-state index in [0.29, 0.717) is 18.1 Å². The third-order valence-corrected chi connectivity index (χ3v) is 4.60. The van der Waals surface area contributed by atoms with Gasteiger partial charge in [0.2, 0.25) is 0 Å². The van der Waals surface area contributed by atoms with Gasteiger partial charge in [-0.25, -0.2) is 4.79 Å². The molecule has 3 heteroatoms. The standard InChI is InChI=1S/C16H26O3/c1-5-11(14-13(7-3)18-14)9-16(8-4)10-12(6-2)15(17)19-16/h10-11,13-14H,5-9H2,1-4H3/t11-,13-,14+,16-/m1/s1. The van der Waals surface area contributed by atoms with E-state index in [1.165, 1.54) is 0 Å². The van der Waals surface area contributed by atoms with Gasteiger partial charge in [0.15, 0.2) is 0 Å². The van der Waals surface area contributed by atoms with Crippen molar-refractivity contribution < 1.29 is 14.3 Å². The number of carbonyl (C=O) groups is 1. The molecule has 0 N–H and O–H groups in total. The van der Waals surface area contributed by atoms with Gasteiger partial charge in [-0.2, -0.15) is 0 Å². The number of cyclic esters (lactones) is 1. The van der Waals surface area contributed by atoms with Crippen LogP contribution in [0.2, 0.25) is 0 Å². The molecular formula is C16H26O3. The molecule has 4 atom stereocenters. The summed E-state index contributed by atoms with van der Waals surface area (Å²) in [6.07, 6.45) is 7.53. The average Bonchev–Trinajstić information content (AvgIpc) is 3.14. The van der Waals surface area contributed by atoms with Crippen molar-refractivity contribution in [3.8, 4) is 0 Å². The highest BCUT2D eigenvalue weighted by Gasteiger charge is 2.47. The van der Waals surface area contributed by atoms with Crippen LogP contribution in [0, 0.1) is 5.92 Å². The molecule has 0 aromatic carbocycles. The minimum atomic E-state index is -0.382. The second-order valence-electron chi connectivity index (χ2n) is 5.75. The van der Waals surface area contributed by atoms with Crippen molar-refractivity contribution in [2.24, 2.45) is 5.92 Å². The van der Waals surface area contributed by atoms with Gasteiger partial charge < -0.3 is 9.47 Å². The molecule has 0 spiro atoms. The van der Waals surface area contributed by atoms with Crippen LogP contribution in [0.4, 0.5) is 0 Å². The fraction of sp³-hybridized carbons (Fsp3) is 0.812. The molecule has 0 aliphatic carbocycles. The van der Waals surface area contributed by atoms with Crippen molar-refractivity contribution in [2.75, 3.05) is 0 Å². The summed E-state index contributed by atoms with van der Waals surface area (Å²) in [6, 6.07) is 0. The summed E-state index contributed by atoms with van der Waals surface area (Å²) in [5.74, 6) is 0.369. The zero-order valence-corrected chi connectivity index (χ0v) is 12.6. The van der Waals surface area contributed by atoms with Gasteiger partial charge in [-0.05, 0) is 37.7 Å². The zero-order valence-electron chi connectivity index (χ0n) is 12.6. The monoisotopic (exact) mass is 266 g/mol. The Morgan fingerprint density at radius 1 is 1.32 bits per heavy atom. The molecule has 2 rings (SSSR count). The average molecular weight is 266 g/mol. The number of hydrogen-bond donors (Lipinski definition) is 0. The van der Waals surface area contributed by atoms with Crippen molar-refractivity contribution in [3.05, 3.63) is 11.6 Å². The van der Waals surface area contributed by atoms with Gasteiger partial charge >= 0.3 is 5.97 Å². The van der Waals surface area contributed by atoms with Crippen molar-refractivity contribution in [2.45, 2.75) is 77.6 Å². The Kier molecular flexibility index (Phi) is 4.34. The first-order valence-electron chi connectivity index (χ1n) is 7.69. The Labute approximate surface area is 116 Å². The highest BCUT2D eigenvalue weighted by Crippen LogP contribution is 2.42. The van der Waals surface area contributed by atoms with Crippen LogP contribution in [-0.2, 0) is 14.3 Å². The quantitative estimate of drug-likeness (QED) is 0.522. The maximum atomic E-state index is 11.8. The number of epoxide rings is 1. The summed E-state index contributed by atoms with van der Waals surface area (Å²) in [4.78, 5) is 11.8. The molecule has 19 heavy (non-hydrogen) atoms. The highest BCUT2D eigenvalue weighted by atomic mass is 16.6. The molecule has 0 aromatic rings. The van der Waals surface area contributed by atoms with Crippen LogP contribution in [0.3, 0.4) is 0 Å². The molecule has 0 aromatic heterocycles. The molecule has 108 valence electrons. The van der Waals surface area contributed by atoms with Crippen LogP contribution in [0.5, 0.6) is 0 Å². The Morgan fingerprint density at radius 2 is 2.05 bits per heavy atom. The van der Waals surface area contributed by atoms with Crippen molar-refractivity contribution in [1.82, 2.24) is 0 Å². The summed E-state index contributed by atoms with van der Waals surface area (Å²) >= 11 is 0. The second-order valence-corrected chi connectivity index (χ2v) is 5.75. The van der Waals surface area contributed by atoms with E-state index >= 15 is 0 Å². The molecule has 2 heterocycles. The fourth-order valence-corrected chi connectivity index (χ4v) is 3.16. The maximum Gasteiger partial charge on any atom is 0.334 e. The Morgan fingerprint density at radius 3 is 2.47 bits per heavy atom. The first-order chi connectivity index (χ1) is 9.09. The summed E-state index contributed by atoms with van der Waals surface area (Å²) in [5, 5.41) is 0. The van der Waals surface area contributed by atoms with Crippen molar-refractivity contribution >= 4 is 5.97 Å². The van der Waals surface area contributed by atoms with Gasteiger partial charge in [0.05, 0.1) is 12.2 Å². The molecule has 1 fully saturated rings. The van der Waals surface area contributed by atoms with E-state index in [1.807, 2.05) is 6.92 Å². The molecule has 0 saturated carbocycles. The Balaban J connectivity index is 2.06. The van der Waals surface area contributed by atoms with Crippen LogP contribution in [0.25, 0.3) is 0 Å². The Bertz CT molecular complexity index is 374. The van der Waals surface area contributed by atoms with E-state index in [-0.39, 0.29) is 11.6 Å². The molecule has 2 aliphatic rings. The molecule has 1 saturated heterocycles. The smallest absolute Gasteiger partial charge is 0.334 e. The maximum absolute atomic E-state index is 11.8. The lowest BCUT2D eigenvalue weighted by atomic mass is 9.83. The lowest BCUT2D eigenvalue weighted by Crippen LogP contribution is -2.32. The van der Waals surface area contributed by atoms with Gasteiger partial charge in [-0.15, -0.1) is 0 Å². The van der Waals surface area contributed by atoms with Crippen LogP contribution in [-0.4, -0.2) is 23.8 Å². The predicted molar refractivity (Wildman–Crippen MR) is 74.8 cm³/mol. The first kappa shape index (κ1) is 14.6. The SMILES string of the molecule is CCC1=C[C@@](CC)(C[C@@H](CC)[C@@H]2O[C@@H]2CC)OC1=O. The van der Waals surface area contributed by atoms with E-state index < -0.39 is 0 Å². The molecular weight excluding hydrogens is 240 g/mol. The predicted octanol–water partition coefficient (Wildman–Crippen LogP) is 3.62. The largest absolute Gasteiger partial charge is 0.451 e. The summed E-state index contributed by atoms with van der Waals surface area (Å²) in [6.45, 7) is 8.47. The highest BCUT2D eigenvalue weighted by molar-refractivity contribution is 5.91. The van der Waals surface area contributed by atoms with Gasteiger partial charge in [0, 0.05) is 5.57 Å². The molecule has 2 aliphatic heterocycles. The molecule has 0 bridgehead atoms. The topological polar surface area (TPSA) is 38.8 Å². The summed E-state index contributed by atoms with van der Waals surface area (Å²) < 4.78 is 11.4. The van der Waals surface area contributed by atoms with Gasteiger partial charge in [0.25, 0.3) is 0 Å². The molecule has 0 amide bonds. The van der Waals surface area contributed by atoms with Gasteiger partial charge in [-0.1, -0.05) is 34.1 Å². The number of ether oxygens (including phenoxy) is 2. The molecule has 3 nitrogen and oxygen atoms in total. The van der Waals surface area contributed by atoms with Crippen LogP contribution >= 0.6 is 0 Å². The number of esters is 1. The third-order valence-electron chi connectivity index (χ3n) is 4.60. The molecule has 0 unspecified atom stereocenters. The van der Waals surface area contributed by atoms with Crippen LogP contribution < -0.4 is 0 Å². The fourth-order valence-electron chi connectivity index (χ4n) is 3.16. The number of hydrogen-bond acceptors (Lipinski definition) is 3. The van der Waals surface area contributed by atoms with E-state index in [0.717, 1.165) is 37.7 Å². The van der Waals surface area contributed by atoms with Crippen LogP contribution in [0.15, 0.2) is 11.6 Å². The minimum Gasteiger partial charge on any atom is -0.451 e. The Hall–Kier alpha value is -0.830. The van der Waals surface area contributed by atoms with Gasteiger partial charge in [-0.3, -0.25) is 0 Å². The van der Waals surface area contributed by atoms with E-state index in [4.69, 9.17) is 9.47 Å². The zero-order chi connectivity index (χ0) is 14.0. The third kappa shape index (κ3) is 2.86. The number of rotatable bonds is 7. The lowest BCUT2D eigenvalue weighted by Gasteiger charge is -2.28. The van der Waals surface area contributed by atoms with Crippen molar-refractivity contribution in [1.29, 1.82) is 0 Å². The minimum absolute atomic E-state index is 0.122. The van der Waals surface area contributed by atoms with E-state index in [2.05, 4.69) is 26.8 Å². The second kappa shape index (κ2) is 5.66. The summed E-state index contributed by atoms with van der Waals surface area (Å²) in [5.41, 5.74) is 0.452. The first-order valence-corrected chi connectivity index (χ1v) is 7.69. The number of carbonyl (C=O) groups excluding carboxylic acids is 1. The lowest BCUT2D eigenvalue weighted by molar-refractivity contribution is -0.148. The van der Waals surface area contributed by atoms with Gasteiger partial charge in [0.1, 0.15) is 5.60 Å². The summed E-state index contributed by atoms with van der Waals surface area (Å²) in [7, 11) is 0. The van der Waals surface area contributed by atoms with E-state index in [1.54, 1.807) is 0 Å². The van der Waals surface area contributed by atoms with E-state index in [9.17, 15) is 4.79 Å².